The van der Waals surface area contributed by atoms with Crippen LogP contribution in [0.3, 0.4) is 0 Å². The average Bonchev–Trinajstić information content (AvgIpc) is 3.18. The molecular formula is C18H19N3O4S. The smallest absolute Gasteiger partial charge is 0.262 e. The van der Waals surface area contributed by atoms with Crippen LogP contribution in [0.1, 0.15) is 5.76 Å². The average molecular weight is 373 g/mol. The number of carbonyl (C=O) groups excluding carboxylic acids is 1. The molecule has 136 valence electrons. The number of aromatic nitrogens is 2. The Morgan fingerprint density at radius 2 is 2.15 bits per heavy atom. The Hall–Kier alpha value is -2.58. The number of methoxy groups -OCH3 is 1. The number of hydrogen-bond acceptors (Lipinski definition) is 6. The third-order valence-corrected chi connectivity index (χ3v) is 4.69. The van der Waals surface area contributed by atoms with Gasteiger partial charge in [0.05, 0.1) is 42.6 Å². The van der Waals surface area contributed by atoms with Crippen molar-refractivity contribution < 1.29 is 13.9 Å². The number of carbonyl (C=O) groups is 1. The number of nitrogens with one attached hydrogen (secondary N) is 1. The van der Waals surface area contributed by atoms with Crippen LogP contribution in [0.5, 0.6) is 0 Å². The maximum atomic E-state index is 12.7. The van der Waals surface area contributed by atoms with Crippen LogP contribution < -0.4 is 10.9 Å². The molecule has 8 heteroatoms. The van der Waals surface area contributed by atoms with E-state index in [0.29, 0.717) is 41.5 Å². The highest BCUT2D eigenvalue weighted by atomic mass is 32.2. The van der Waals surface area contributed by atoms with Gasteiger partial charge in [-0.25, -0.2) is 4.98 Å². The van der Waals surface area contributed by atoms with Crippen LogP contribution in [0.4, 0.5) is 0 Å². The fourth-order valence-electron chi connectivity index (χ4n) is 2.42. The van der Waals surface area contributed by atoms with Crippen LogP contribution in [-0.4, -0.2) is 34.9 Å². The monoisotopic (exact) mass is 373 g/mol. The maximum Gasteiger partial charge on any atom is 0.262 e. The molecule has 0 bridgehead atoms. The molecule has 0 radical (unpaired) electrons. The Labute approximate surface area is 154 Å². The fraction of sp³-hybridized carbons (Fsp3) is 0.278. The van der Waals surface area contributed by atoms with Gasteiger partial charge in [-0.2, -0.15) is 0 Å². The Bertz CT molecular complexity index is 937. The molecular weight excluding hydrogens is 354 g/mol. The Kier molecular flexibility index (Phi) is 6.08. The van der Waals surface area contributed by atoms with Crippen molar-refractivity contribution >= 4 is 28.6 Å². The largest absolute Gasteiger partial charge is 0.467 e. The Balaban J connectivity index is 1.74. The van der Waals surface area contributed by atoms with E-state index < -0.39 is 0 Å². The SMILES string of the molecule is COCCn1c(SCC(=O)NCc2ccco2)nc2ccccc2c1=O. The van der Waals surface area contributed by atoms with Gasteiger partial charge >= 0.3 is 0 Å². The second-order valence-electron chi connectivity index (χ2n) is 5.51. The number of rotatable bonds is 8. The summed E-state index contributed by atoms with van der Waals surface area (Å²) in [4.78, 5) is 29.3. The number of thioether (sulfide) groups is 1. The van der Waals surface area contributed by atoms with E-state index in [1.807, 2.05) is 6.07 Å². The van der Waals surface area contributed by atoms with Crippen molar-refractivity contribution in [1.29, 1.82) is 0 Å². The van der Waals surface area contributed by atoms with E-state index in [1.54, 1.807) is 48.3 Å². The van der Waals surface area contributed by atoms with Crippen molar-refractivity contribution in [2.45, 2.75) is 18.2 Å². The van der Waals surface area contributed by atoms with Gasteiger partial charge in [0.25, 0.3) is 5.56 Å². The van der Waals surface area contributed by atoms with E-state index in [4.69, 9.17) is 9.15 Å². The number of fused-ring (bicyclic) bond motifs is 1. The molecule has 0 saturated carbocycles. The first kappa shape index (κ1) is 18.2. The first-order valence-corrected chi connectivity index (χ1v) is 9.08. The summed E-state index contributed by atoms with van der Waals surface area (Å²) in [6.07, 6.45) is 1.56. The van der Waals surface area contributed by atoms with Gasteiger partial charge in [-0.1, -0.05) is 23.9 Å². The van der Waals surface area contributed by atoms with E-state index in [2.05, 4.69) is 10.3 Å². The second-order valence-corrected chi connectivity index (χ2v) is 6.45. The summed E-state index contributed by atoms with van der Waals surface area (Å²) >= 11 is 1.23. The lowest BCUT2D eigenvalue weighted by atomic mass is 10.2. The van der Waals surface area contributed by atoms with Crippen molar-refractivity contribution in [2.75, 3.05) is 19.5 Å². The Morgan fingerprint density at radius 3 is 2.92 bits per heavy atom. The van der Waals surface area contributed by atoms with Crippen LogP contribution >= 0.6 is 11.8 Å². The highest BCUT2D eigenvalue weighted by Gasteiger charge is 2.13. The number of para-hydroxylation sites is 1. The minimum absolute atomic E-state index is 0.133. The third-order valence-electron chi connectivity index (χ3n) is 3.72. The summed E-state index contributed by atoms with van der Waals surface area (Å²) in [5.74, 6) is 0.676. The molecule has 1 N–H and O–H groups in total. The van der Waals surface area contributed by atoms with Crippen LogP contribution in [0.2, 0.25) is 0 Å². The van der Waals surface area contributed by atoms with Crippen LogP contribution in [-0.2, 0) is 22.6 Å². The van der Waals surface area contributed by atoms with Crippen molar-refractivity contribution in [1.82, 2.24) is 14.9 Å². The van der Waals surface area contributed by atoms with Gasteiger partial charge in [-0.05, 0) is 24.3 Å². The van der Waals surface area contributed by atoms with Crippen molar-refractivity contribution in [3.05, 3.63) is 58.8 Å². The highest BCUT2D eigenvalue weighted by molar-refractivity contribution is 7.99. The minimum atomic E-state index is -0.160. The molecule has 1 amide bonds. The van der Waals surface area contributed by atoms with Gasteiger partial charge in [-0.15, -0.1) is 0 Å². The minimum Gasteiger partial charge on any atom is -0.467 e. The predicted molar refractivity (Wildman–Crippen MR) is 99.2 cm³/mol. The molecule has 0 fully saturated rings. The van der Waals surface area contributed by atoms with Gasteiger partial charge in [0.1, 0.15) is 5.76 Å². The molecule has 0 saturated heterocycles. The molecule has 7 nitrogen and oxygen atoms in total. The first-order valence-electron chi connectivity index (χ1n) is 8.09. The topological polar surface area (TPSA) is 86.4 Å². The van der Waals surface area contributed by atoms with Gasteiger partial charge in [0.2, 0.25) is 5.91 Å². The van der Waals surface area contributed by atoms with Gasteiger partial charge in [-0.3, -0.25) is 14.2 Å². The molecule has 1 aromatic carbocycles. The summed E-state index contributed by atoms with van der Waals surface area (Å²) in [5.41, 5.74) is 0.482. The third kappa shape index (κ3) is 4.33. The zero-order valence-electron chi connectivity index (χ0n) is 14.3. The maximum absolute atomic E-state index is 12.7. The molecule has 0 aliphatic carbocycles. The quantitative estimate of drug-likeness (QED) is 0.480. The molecule has 0 aliphatic rings. The molecule has 0 spiro atoms. The zero-order valence-corrected chi connectivity index (χ0v) is 15.1. The molecule has 2 heterocycles. The number of furan rings is 1. The Morgan fingerprint density at radius 1 is 1.31 bits per heavy atom. The summed E-state index contributed by atoms with van der Waals surface area (Å²) in [5, 5.41) is 3.83. The fourth-order valence-corrected chi connectivity index (χ4v) is 3.27. The van der Waals surface area contributed by atoms with E-state index in [1.165, 1.54) is 11.8 Å². The number of nitrogens with zero attached hydrogens (tertiary/aromatic N) is 2. The molecule has 3 rings (SSSR count). The van der Waals surface area contributed by atoms with E-state index in [0.717, 1.165) is 0 Å². The van der Waals surface area contributed by atoms with Crippen LogP contribution in [0, 0.1) is 0 Å². The van der Waals surface area contributed by atoms with Gasteiger partial charge in [0, 0.05) is 7.11 Å². The van der Waals surface area contributed by atoms with Crippen molar-refractivity contribution in [3.63, 3.8) is 0 Å². The van der Waals surface area contributed by atoms with E-state index in [9.17, 15) is 9.59 Å². The number of benzene rings is 1. The van der Waals surface area contributed by atoms with Gasteiger partial charge in [0.15, 0.2) is 5.16 Å². The van der Waals surface area contributed by atoms with Crippen LogP contribution in [0.15, 0.2) is 57.0 Å². The van der Waals surface area contributed by atoms with E-state index >= 15 is 0 Å². The lowest BCUT2D eigenvalue weighted by Gasteiger charge is -2.12. The molecule has 0 aliphatic heterocycles. The number of amides is 1. The predicted octanol–water partition coefficient (Wildman–Crippen LogP) is 2.04. The summed E-state index contributed by atoms with van der Waals surface area (Å²) in [7, 11) is 1.58. The lowest BCUT2D eigenvalue weighted by Crippen LogP contribution is -2.27. The number of hydrogen-bond donors (Lipinski definition) is 1. The molecule has 26 heavy (non-hydrogen) atoms. The van der Waals surface area contributed by atoms with E-state index in [-0.39, 0.29) is 17.2 Å². The number of ether oxygens (including phenoxy) is 1. The standard InChI is InChI=1S/C18H19N3O4S/c1-24-10-8-21-17(23)14-6-2-3-7-15(14)20-18(21)26-12-16(22)19-11-13-5-4-9-25-13/h2-7,9H,8,10-12H2,1H3,(H,19,22). The zero-order chi connectivity index (χ0) is 18.4. The highest BCUT2D eigenvalue weighted by Crippen LogP contribution is 2.17. The van der Waals surface area contributed by atoms with Crippen molar-refractivity contribution in [3.8, 4) is 0 Å². The summed E-state index contributed by atoms with van der Waals surface area (Å²) in [6.45, 7) is 1.09. The normalized spacial score (nSPS) is 11.0. The second kappa shape index (κ2) is 8.68. The molecule has 3 aromatic rings. The summed E-state index contributed by atoms with van der Waals surface area (Å²) in [6, 6.07) is 10.7. The summed E-state index contributed by atoms with van der Waals surface area (Å²) < 4.78 is 11.8. The van der Waals surface area contributed by atoms with Crippen molar-refractivity contribution in [2.24, 2.45) is 0 Å². The molecule has 0 unspecified atom stereocenters. The molecule has 0 atom stereocenters. The van der Waals surface area contributed by atoms with Gasteiger partial charge < -0.3 is 14.5 Å². The van der Waals surface area contributed by atoms with Crippen LogP contribution in [0.25, 0.3) is 10.9 Å². The lowest BCUT2D eigenvalue weighted by molar-refractivity contribution is -0.118. The molecule has 2 aromatic heterocycles. The first-order chi connectivity index (χ1) is 12.7.